The molecule has 0 saturated heterocycles. The molecule has 0 amide bonds. The fourth-order valence-electron chi connectivity index (χ4n) is 7.02. The summed E-state index contributed by atoms with van der Waals surface area (Å²) in [4.78, 5) is 18.1. The third-order valence-corrected chi connectivity index (χ3v) is 9.29. The van der Waals surface area contributed by atoms with Crippen LogP contribution in [0.4, 0.5) is 0 Å². The second-order valence-corrected chi connectivity index (χ2v) is 12.5. The van der Waals surface area contributed by atoms with Crippen LogP contribution in [0.3, 0.4) is 0 Å². The van der Waals surface area contributed by atoms with E-state index >= 15 is 0 Å². The number of H-pyrrole nitrogens is 2. The van der Waals surface area contributed by atoms with Crippen molar-refractivity contribution in [3.8, 4) is 44.5 Å². The molecule has 3 aromatic heterocycles. The predicted octanol–water partition coefficient (Wildman–Crippen LogP) is 10.8. The molecule has 4 aromatic carbocycles. The Balaban J connectivity index is 1.47. The van der Waals surface area contributed by atoms with Crippen LogP contribution >= 0.6 is 0 Å². The molecule has 0 aliphatic carbocycles. The van der Waals surface area contributed by atoms with Gasteiger partial charge in [0, 0.05) is 38.8 Å². The SMILES string of the molecule is OCc1cccc(-c2cc3cc4nc(c(-c5ccccc5)c5ccc([nH]5)c(-c5ccccc5)c5nc(c(-c6ccccc6)c2[nH]3)C=C5)C=C4)c1. The molecule has 2 aliphatic rings. The van der Waals surface area contributed by atoms with E-state index in [2.05, 4.69) is 143 Å². The van der Waals surface area contributed by atoms with Gasteiger partial charge < -0.3 is 15.1 Å². The smallest absolute Gasteiger partial charge is 0.0737 e. The molecular weight excluding hydrogens is 613 g/mol. The summed E-state index contributed by atoms with van der Waals surface area (Å²) in [6.45, 7) is -0.0333. The van der Waals surface area contributed by atoms with E-state index in [9.17, 15) is 5.11 Å². The summed E-state index contributed by atoms with van der Waals surface area (Å²) in [6, 6.07) is 47.9. The molecule has 0 spiro atoms. The van der Waals surface area contributed by atoms with Crippen LogP contribution in [0, 0.1) is 0 Å². The number of nitrogens with zero attached hydrogens (tertiary/aromatic N) is 2. The number of benzene rings is 4. The Bertz CT molecular complexity index is 2610. The van der Waals surface area contributed by atoms with E-state index in [4.69, 9.17) is 9.97 Å². The minimum atomic E-state index is -0.0333. The molecule has 238 valence electrons. The lowest BCUT2D eigenvalue weighted by Crippen LogP contribution is -1.89. The summed E-state index contributed by atoms with van der Waals surface area (Å²) >= 11 is 0. The molecule has 5 nitrogen and oxygen atoms in total. The zero-order valence-corrected chi connectivity index (χ0v) is 27.1. The summed E-state index contributed by atoms with van der Waals surface area (Å²) in [5, 5.41) is 10.0. The van der Waals surface area contributed by atoms with Crippen molar-refractivity contribution in [3.63, 3.8) is 0 Å². The fourth-order valence-corrected chi connectivity index (χ4v) is 7.02. The average molecular weight is 645 g/mol. The van der Waals surface area contributed by atoms with E-state index < -0.39 is 0 Å². The summed E-state index contributed by atoms with van der Waals surface area (Å²) < 4.78 is 0. The highest BCUT2D eigenvalue weighted by molar-refractivity contribution is 6.01. The molecule has 50 heavy (non-hydrogen) atoms. The van der Waals surface area contributed by atoms with Crippen LogP contribution in [0.15, 0.2) is 140 Å². The second kappa shape index (κ2) is 12.5. The normalized spacial score (nSPS) is 12.0. The van der Waals surface area contributed by atoms with E-state index in [-0.39, 0.29) is 6.61 Å². The first-order chi connectivity index (χ1) is 24.7. The molecular formula is C45H32N4O. The van der Waals surface area contributed by atoms with Crippen LogP contribution < -0.4 is 0 Å². The van der Waals surface area contributed by atoms with Crippen molar-refractivity contribution in [1.82, 2.24) is 19.9 Å². The second-order valence-electron chi connectivity index (χ2n) is 12.5. The Kier molecular flexibility index (Phi) is 7.38. The Labute approximate surface area is 289 Å². The van der Waals surface area contributed by atoms with E-state index in [1.165, 1.54) is 0 Å². The number of hydrogen-bond donors (Lipinski definition) is 3. The molecule has 2 aliphatic heterocycles. The lowest BCUT2D eigenvalue weighted by molar-refractivity contribution is 0.282. The number of fused-ring (bicyclic) bond motifs is 8. The zero-order valence-electron chi connectivity index (χ0n) is 27.1. The van der Waals surface area contributed by atoms with Crippen molar-refractivity contribution in [1.29, 1.82) is 0 Å². The van der Waals surface area contributed by atoms with Crippen molar-refractivity contribution >= 4 is 46.4 Å². The van der Waals surface area contributed by atoms with Gasteiger partial charge in [0.05, 0.1) is 34.9 Å². The molecule has 5 heteroatoms. The highest BCUT2D eigenvalue weighted by atomic mass is 16.3. The van der Waals surface area contributed by atoms with Gasteiger partial charge >= 0.3 is 0 Å². The minimum Gasteiger partial charge on any atom is -0.392 e. The summed E-state index contributed by atoms with van der Waals surface area (Å²) in [6.07, 6.45) is 8.40. The molecule has 5 heterocycles. The van der Waals surface area contributed by atoms with Gasteiger partial charge in [0.2, 0.25) is 0 Å². The van der Waals surface area contributed by atoms with Gasteiger partial charge in [-0.3, -0.25) is 0 Å². The number of aromatic amines is 2. The first-order valence-corrected chi connectivity index (χ1v) is 16.8. The van der Waals surface area contributed by atoms with E-state index in [1.54, 1.807) is 0 Å². The maximum absolute atomic E-state index is 10.0. The topological polar surface area (TPSA) is 77.6 Å². The number of aliphatic hydroxyl groups is 1. The largest absolute Gasteiger partial charge is 0.392 e. The number of rotatable bonds is 5. The molecule has 8 bridgehead atoms. The molecule has 9 rings (SSSR count). The molecule has 0 fully saturated rings. The first kappa shape index (κ1) is 29.6. The Morgan fingerprint density at radius 2 is 1.00 bits per heavy atom. The van der Waals surface area contributed by atoms with Gasteiger partial charge in [-0.1, -0.05) is 109 Å². The molecule has 0 unspecified atom stereocenters. The highest BCUT2D eigenvalue weighted by Gasteiger charge is 2.19. The van der Waals surface area contributed by atoms with E-state index in [0.29, 0.717) is 0 Å². The standard InChI is InChI=1S/C45H32N4O/c50-28-29-11-10-18-33(25-29)36-27-35-26-34-19-20-37(46-34)42(30-12-4-1-5-13-30)38-21-22-39(48-38)43(31-14-6-2-7-15-31)40-23-24-41(49-40)44(45(36)47-35)32-16-8-3-9-17-32/h1-27,47-48,50H,28H2. The maximum atomic E-state index is 10.0. The molecule has 7 aromatic rings. The fraction of sp³-hybridized carbons (Fsp3) is 0.0222. The van der Waals surface area contributed by atoms with Crippen LogP contribution in [0.25, 0.3) is 90.9 Å². The van der Waals surface area contributed by atoms with Gasteiger partial charge in [0.1, 0.15) is 0 Å². The van der Waals surface area contributed by atoms with E-state index in [0.717, 1.165) is 94.9 Å². The minimum absolute atomic E-state index is 0.0333. The molecule has 0 saturated carbocycles. The number of hydrogen-bond acceptors (Lipinski definition) is 3. The summed E-state index contributed by atoms with van der Waals surface area (Å²) in [7, 11) is 0. The van der Waals surface area contributed by atoms with Gasteiger partial charge in [-0.05, 0) is 82.5 Å². The quantitative estimate of drug-likeness (QED) is 0.174. The third-order valence-electron chi connectivity index (χ3n) is 9.29. The monoisotopic (exact) mass is 644 g/mol. The molecule has 3 N–H and O–H groups in total. The highest BCUT2D eigenvalue weighted by Crippen LogP contribution is 2.39. The van der Waals surface area contributed by atoms with Gasteiger partial charge in [0.15, 0.2) is 0 Å². The van der Waals surface area contributed by atoms with Gasteiger partial charge in [-0.25, -0.2) is 9.97 Å². The predicted molar refractivity (Wildman–Crippen MR) is 207 cm³/mol. The van der Waals surface area contributed by atoms with Crippen LogP contribution in [0.5, 0.6) is 0 Å². The van der Waals surface area contributed by atoms with Crippen molar-refractivity contribution in [2.75, 3.05) is 0 Å². The Hall–Kier alpha value is -6.56. The van der Waals surface area contributed by atoms with Gasteiger partial charge in [0.25, 0.3) is 0 Å². The van der Waals surface area contributed by atoms with Crippen molar-refractivity contribution in [2.45, 2.75) is 6.61 Å². The van der Waals surface area contributed by atoms with Gasteiger partial charge in [-0.15, -0.1) is 0 Å². The first-order valence-electron chi connectivity index (χ1n) is 16.8. The van der Waals surface area contributed by atoms with Crippen molar-refractivity contribution in [2.24, 2.45) is 0 Å². The summed E-state index contributed by atoms with van der Waals surface area (Å²) in [5.41, 5.74) is 16.4. The van der Waals surface area contributed by atoms with Crippen LogP contribution in [-0.4, -0.2) is 25.0 Å². The van der Waals surface area contributed by atoms with Crippen molar-refractivity contribution in [3.05, 3.63) is 168 Å². The van der Waals surface area contributed by atoms with Crippen LogP contribution in [0.1, 0.15) is 28.3 Å². The third kappa shape index (κ3) is 5.36. The number of aliphatic hydroxyl groups excluding tert-OH is 1. The number of nitrogens with one attached hydrogen (secondary N) is 2. The zero-order chi connectivity index (χ0) is 33.4. The Morgan fingerprint density at radius 3 is 1.62 bits per heavy atom. The number of aromatic nitrogens is 4. The Morgan fingerprint density at radius 1 is 0.460 bits per heavy atom. The molecule has 0 radical (unpaired) electrons. The van der Waals surface area contributed by atoms with Crippen molar-refractivity contribution < 1.29 is 5.11 Å². The average Bonchev–Trinajstić information content (AvgIpc) is 4.00. The lowest BCUT2D eigenvalue weighted by Gasteiger charge is -2.08. The lowest BCUT2D eigenvalue weighted by atomic mass is 9.98. The van der Waals surface area contributed by atoms with Crippen LogP contribution in [0.2, 0.25) is 0 Å². The maximum Gasteiger partial charge on any atom is 0.0737 e. The van der Waals surface area contributed by atoms with E-state index in [1.807, 2.05) is 30.3 Å². The van der Waals surface area contributed by atoms with Gasteiger partial charge in [-0.2, -0.15) is 0 Å². The molecule has 0 atom stereocenters. The summed E-state index contributed by atoms with van der Waals surface area (Å²) in [5.74, 6) is 0. The van der Waals surface area contributed by atoms with Crippen LogP contribution in [-0.2, 0) is 6.61 Å².